The van der Waals surface area contributed by atoms with Gasteiger partial charge in [-0.3, -0.25) is 0 Å². The van der Waals surface area contributed by atoms with E-state index in [2.05, 4.69) is 95.9 Å². The second-order valence-electron chi connectivity index (χ2n) is 8.12. The molecule has 2 bridgehead atoms. The van der Waals surface area contributed by atoms with Gasteiger partial charge < -0.3 is 0 Å². The van der Waals surface area contributed by atoms with Crippen LogP contribution in [0.25, 0.3) is 28.3 Å². The van der Waals surface area contributed by atoms with Crippen molar-refractivity contribution in [2.75, 3.05) is 0 Å². The summed E-state index contributed by atoms with van der Waals surface area (Å²) in [6.45, 7) is 5.49. The minimum absolute atomic E-state index is 0.455. The number of imidazole rings is 1. The molecule has 2 aliphatic rings. The van der Waals surface area contributed by atoms with Gasteiger partial charge in [0.1, 0.15) is 11.9 Å². The van der Waals surface area contributed by atoms with Gasteiger partial charge in [0.25, 0.3) is 5.82 Å². The van der Waals surface area contributed by atoms with E-state index < -0.39 is 0 Å². The zero-order valence-corrected chi connectivity index (χ0v) is 16.3. The lowest BCUT2D eigenvalue weighted by Gasteiger charge is -2.18. The van der Waals surface area contributed by atoms with E-state index >= 15 is 0 Å². The fraction of sp³-hybridized carbons (Fsp3) is 0.192. The number of para-hydroxylation sites is 1. The molecule has 0 saturated carbocycles. The van der Waals surface area contributed by atoms with Gasteiger partial charge in [-0.05, 0) is 48.6 Å². The molecule has 0 aliphatic carbocycles. The van der Waals surface area contributed by atoms with Crippen LogP contribution < -0.4 is 4.57 Å². The molecule has 0 saturated heterocycles. The van der Waals surface area contributed by atoms with Crippen molar-refractivity contribution < 1.29 is 4.57 Å². The van der Waals surface area contributed by atoms with Crippen molar-refractivity contribution in [1.82, 2.24) is 4.57 Å². The molecule has 2 nitrogen and oxygen atoms in total. The maximum absolute atomic E-state index is 2.55. The highest BCUT2D eigenvalue weighted by atomic mass is 15.2. The molecule has 3 aromatic carbocycles. The van der Waals surface area contributed by atoms with Crippen LogP contribution in [-0.2, 0) is 6.54 Å². The maximum Gasteiger partial charge on any atom is 0.294 e. The first kappa shape index (κ1) is 15.9. The minimum atomic E-state index is 0.455. The van der Waals surface area contributed by atoms with Crippen LogP contribution in [0.2, 0.25) is 0 Å². The highest BCUT2D eigenvalue weighted by Gasteiger charge is 2.39. The van der Waals surface area contributed by atoms with Crippen LogP contribution in [0.1, 0.15) is 34.6 Å². The fourth-order valence-electron chi connectivity index (χ4n) is 5.35. The van der Waals surface area contributed by atoms with E-state index in [1.807, 2.05) is 0 Å². The SMILES string of the molecule is Cc1cccc(C)c1-[n+]1cc2n3c1-c1ccccc1C(CC3)c1ccccc1-2. The molecule has 28 heavy (non-hydrogen) atoms. The van der Waals surface area contributed by atoms with Gasteiger partial charge in [0, 0.05) is 11.5 Å². The van der Waals surface area contributed by atoms with Gasteiger partial charge in [-0.15, -0.1) is 0 Å². The Labute approximate surface area is 165 Å². The summed E-state index contributed by atoms with van der Waals surface area (Å²) in [7, 11) is 0. The topological polar surface area (TPSA) is 8.81 Å². The Bertz CT molecular complexity index is 1230. The monoisotopic (exact) mass is 363 g/mol. The predicted octanol–water partition coefficient (Wildman–Crippen LogP) is 5.56. The van der Waals surface area contributed by atoms with Crippen LogP contribution in [-0.4, -0.2) is 4.57 Å². The zero-order chi connectivity index (χ0) is 18.8. The Hall–Kier alpha value is -3.13. The number of aromatic nitrogens is 2. The summed E-state index contributed by atoms with van der Waals surface area (Å²) < 4.78 is 5.00. The van der Waals surface area contributed by atoms with Crippen molar-refractivity contribution in [2.24, 2.45) is 0 Å². The van der Waals surface area contributed by atoms with E-state index in [4.69, 9.17) is 0 Å². The van der Waals surface area contributed by atoms with Gasteiger partial charge in [-0.1, -0.05) is 60.7 Å². The molecule has 0 N–H and O–H groups in total. The van der Waals surface area contributed by atoms with Gasteiger partial charge in [0.15, 0.2) is 5.69 Å². The number of benzene rings is 3. The summed E-state index contributed by atoms with van der Waals surface area (Å²) in [5.41, 5.74) is 10.9. The largest absolute Gasteiger partial charge is 0.294 e. The number of nitrogens with zero attached hydrogens (tertiary/aromatic N) is 2. The van der Waals surface area contributed by atoms with Crippen molar-refractivity contribution in [1.29, 1.82) is 0 Å². The molecule has 0 radical (unpaired) electrons. The molecule has 2 aliphatic heterocycles. The van der Waals surface area contributed by atoms with E-state index in [0.717, 1.165) is 13.0 Å². The zero-order valence-electron chi connectivity index (χ0n) is 16.3. The first-order valence-electron chi connectivity index (χ1n) is 10.1. The number of rotatable bonds is 1. The molecular weight excluding hydrogens is 340 g/mol. The molecule has 0 amide bonds. The normalized spacial score (nSPS) is 16.3. The molecular formula is C26H23N2+. The molecule has 136 valence electrons. The highest BCUT2D eigenvalue weighted by molar-refractivity contribution is 5.74. The van der Waals surface area contributed by atoms with Crippen molar-refractivity contribution in [3.8, 4) is 28.3 Å². The molecule has 0 fully saturated rings. The lowest BCUT2D eigenvalue weighted by Crippen LogP contribution is -2.34. The van der Waals surface area contributed by atoms with Crippen molar-refractivity contribution in [2.45, 2.75) is 32.7 Å². The van der Waals surface area contributed by atoms with Gasteiger partial charge in [0.05, 0.1) is 12.1 Å². The first-order valence-corrected chi connectivity index (χ1v) is 10.1. The average molecular weight is 363 g/mol. The Morgan fingerprint density at radius 1 is 0.786 bits per heavy atom. The summed E-state index contributed by atoms with van der Waals surface area (Å²) in [6, 6.07) is 24.6. The van der Waals surface area contributed by atoms with E-state index in [0.29, 0.717) is 5.92 Å². The van der Waals surface area contributed by atoms with Crippen molar-refractivity contribution >= 4 is 0 Å². The number of fused-ring (bicyclic) bond motifs is 8. The van der Waals surface area contributed by atoms with Crippen LogP contribution >= 0.6 is 0 Å². The van der Waals surface area contributed by atoms with Gasteiger partial charge >= 0.3 is 0 Å². The maximum atomic E-state index is 2.55. The van der Waals surface area contributed by atoms with Gasteiger partial charge in [-0.2, -0.15) is 4.57 Å². The second-order valence-corrected chi connectivity index (χ2v) is 8.12. The summed E-state index contributed by atoms with van der Waals surface area (Å²) in [5.74, 6) is 1.77. The average Bonchev–Trinajstić information content (AvgIpc) is 2.90. The Kier molecular flexibility index (Phi) is 3.22. The lowest BCUT2D eigenvalue weighted by molar-refractivity contribution is -0.583. The summed E-state index contributed by atoms with van der Waals surface area (Å²) in [4.78, 5) is 0. The molecule has 1 aromatic heterocycles. The first-order chi connectivity index (χ1) is 13.7. The van der Waals surface area contributed by atoms with Crippen molar-refractivity contribution in [3.05, 3.63) is 95.2 Å². The quantitative estimate of drug-likeness (QED) is 0.391. The Balaban J connectivity index is 1.81. The van der Waals surface area contributed by atoms with Crippen LogP contribution in [0.3, 0.4) is 0 Å². The standard InChI is InChI=1S/C26H23N2/c1-17-8-7-9-18(2)25(17)28-16-24-22-12-5-3-10-19(22)21-14-15-27(24)26(28)23-13-6-4-11-20(21)23/h3-13,16,21H,14-15H2,1-2H3/q+1. The molecule has 2 heteroatoms. The molecule has 1 unspecified atom stereocenters. The summed E-state index contributed by atoms with van der Waals surface area (Å²) in [6.07, 6.45) is 3.52. The van der Waals surface area contributed by atoms with Gasteiger partial charge in [-0.25, -0.2) is 4.57 Å². The van der Waals surface area contributed by atoms with Crippen LogP contribution in [0, 0.1) is 13.8 Å². The van der Waals surface area contributed by atoms with Crippen LogP contribution in [0.15, 0.2) is 72.9 Å². The number of hydrogen-bond acceptors (Lipinski definition) is 0. The van der Waals surface area contributed by atoms with Crippen LogP contribution in [0.5, 0.6) is 0 Å². The second kappa shape index (κ2) is 5.68. The van der Waals surface area contributed by atoms with Gasteiger partial charge in [0.2, 0.25) is 0 Å². The minimum Gasteiger partial charge on any atom is -0.222 e. The molecule has 3 heterocycles. The number of aryl methyl sites for hydroxylation is 2. The third kappa shape index (κ3) is 2.00. The van der Waals surface area contributed by atoms with E-state index in [1.54, 1.807) is 0 Å². The van der Waals surface area contributed by atoms with E-state index in [-0.39, 0.29) is 0 Å². The van der Waals surface area contributed by atoms with E-state index in [1.165, 1.54) is 50.6 Å². The predicted molar refractivity (Wildman–Crippen MR) is 113 cm³/mol. The third-order valence-corrected chi connectivity index (χ3v) is 6.54. The van der Waals surface area contributed by atoms with Crippen LogP contribution in [0.4, 0.5) is 0 Å². The Morgan fingerprint density at radius 3 is 2.18 bits per heavy atom. The van der Waals surface area contributed by atoms with E-state index in [9.17, 15) is 0 Å². The van der Waals surface area contributed by atoms with Crippen molar-refractivity contribution in [3.63, 3.8) is 0 Å². The number of hydrogen-bond donors (Lipinski definition) is 0. The Morgan fingerprint density at radius 2 is 1.43 bits per heavy atom. The lowest BCUT2D eigenvalue weighted by atomic mass is 9.84. The molecule has 1 atom stereocenters. The third-order valence-electron chi connectivity index (χ3n) is 6.54. The molecule has 6 rings (SSSR count). The smallest absolute Gasteiger partial charge is 0.222 e. The molecule has 4 aromatic rings. The summed E-state index contributed by atoms with van der Waals surface area (Å²) in [5, 5.41) is 0. The molecule has 0 spiro atoms. The fourth-order valence-corrected chi connectivity index (χ4v) is 5.35. The summed E-state index contributed by atoms with van der Waals surface area (Å²) >= 11 is 0. The highest BCUT2D eigenvalue weighted by Crippen LogP contribution is 2.46.